The summed E-state index contributed by atoms with van der Waals surface area (Å²) in [7, 11) is 1.62. The molecule has 5 heteroatoms. The van der Waals surface area contributed by atoms with Crippen molar-refractivity contribution >= 4 is 5.91 Å². The molecular formula is C19H22N2O3. The highest BCUT2D eigenvalue weighted by Crippen LogP contribution is 2.23. The van der Waals surface area contributed by atoms with Crippen LogP contribution in [0.25, 0.3) is 0 Å². The molecule has 0 saturated carbocycles. The minimum Gasteiger partial charge on any atom is -0.497 e. The number of rotatable bonds is 5. The third-order valence-corrected chi connectivity index (χ3v) is 4.51. The Morgan fingerprint density at radius 1 is 1.29 bits per heavy atom. The molecule has 1 aromatic heterocycles. The van der Waals surface area contributed by atoms with E-state index in [2.05, 4.69) is 4.98 Å². The Morgan fingerprint density at radius 2 is 2.08 bits per heavy atom. The Kier molecular flexibility index (Phi) is 5.11. The highest BCUT2D eigenvalue weighted by Gasteiger charge is 2.35. The summed E-state index contributed by atoms with van der Waals surface area (Å²) in [5, 5.41) is 10.3. The van der Waals surface area contributed by atoms with Gasteiger partial charge in [0.05, 0.1) is 25.7 Å². The first kappa shape index (κ1) is 16.5. The maximum Gasteiger partial charge on any atom is 0.227 e. The van der Waals surface area contributed by atoms with E-state index in [0.717, 1.165) is 16.9 Å². The van der Waals surface area contributed by atoms with Gasteiger partial charge in [-0.2, -0.15) is 0 Å². The van der Waals surface area contributed by atoms with E-state index in [1.807, 2.05) is 41.3 Å². The number of aliphatic hydroxyl groups excluding tert-OH is 1. The third kappa shape index (κ3) is 3.74. The summed E-state index contributed by atoms with van der Waals surface area (Å²) in [6, 6.07) is 11.2. The molecule has 126 valence electrons. The molecule has 1 N–H and O–H groups in total. The number of carbonyl (C=O) groups is 1. The zero-order valence-electron chi connectivity index (χ0n) is 13.8. The fourth-order valence-corrected chi connectivity index (χ4v) is 3.17. The second kappa shape index (κ2) is 7.45. The van der Waals surface area contributed by atoms with Crippen LogP contribution >= 0.6 is 0 Å². The van der Waals surface area contributed by atoms with Crippen LogP contribution in [0.4, 0.5) is 0 Å². The second-order valence-electron chi connectivity index (χ2n) is 6.10. The van der Waals surface area contributed by atoms with Gasteiger partial charge >= 0.3 is 0 Å². The number of benzene rings is 1. The van der Waals surface area contributed by atoms with E-state index in [4.69, 9.17) is 4.74 Å². The maximum atomic E-state index is 12.7. The van der Waals surface area contributed by atoms with Gasteiger partial charge in [-0.15, -0.1) is 0 Å². The zero-order valence-corrected chi connectivity index (χ0v) is 13.8. The molecule has 1 aliphatic rings. The van der Waals surface area contributed by atoms with Crippen LogP contribution in [0.5, 0.6) is 5.75 Å². The summed E-state index contributed by atoms with van der Waals surface area (Å²) >= 11 is 0. The van der Waals surface area contributed by atoms with Crippen LogP contribution in [0.1, 0.15) is 17.5 Å². The molecule has 5 nitrogen and oxygen atoms in total. The van der Waals surface area contributed by atoms with Crippen LogP contribution < -0.4 is 4.74 Å². The molecule has 1 aliphatic heterocycles. The van der Waals surface area contributed by atoms with Crippen molar-refractivity contribution in [1.29, 1.82) is 0 Å². The number of hydrogen-bond donors (Lipinski definition) is 1. The molecule has 0 spiro atoms. The first-order valence-corrected chi connectivity index (χ1v) is 8.17. The molecule has 0 aliphatic carbocycles. The summed E-state index contributed by atoms with van der Waals surface area (Å²) in [5.41, 5.74) is 1.98. The first-order chi connectivity index (χ1) is 11.7. The summed E-state index contributed by atoms with van der Waals surface area (Å²) in [6.07, 6.45) is 4.62. The molecular weight excluding hydrogens is 304 g/mol. The summed E-state index contributed by atoms with van der Waals surface area (Å²) in [6.45, 7) is 0.598. The normalized spacial score (nSPS) is 20.2. The van der Waals surface area contributed by atoms with Crippen LogP contribution in [0.2, 0.25) is 0 Å². The Morgan fingerprint density at radius 3 is 2.75 bits per heavy atom. The predicted molar refractivity (Wildman–Crippen MR) is 90.8 cm³/mol. The SMILES string of the molecule is COc1ccc(CC(=O)N2CC[C@@H](O)[C@H]2Cc2cccnc2)cc1. The van der Waals surface area contributed by atoms with Crippen molar-refractivity contribution in [3.63, 3.8) is 0 Å². The number of amides is 1. The van der Waals surface area contributed by atoms with Crippen molar-refractivity contribution in [1.82, 2.24) is 9.88 Å². The number of carbonyl (C=O) groups excluding carboxylic acids is 1. The van der Waals surface area contributed by atoms with Crippen molar-refractivity contribution in [3.05, 3.63) is 59.9 Å². The van der Waals surface area contributed by atoms with Crippen LogP contribution in [0.15, 0.2) is 48.8 Å². The lowest BCUT2D eigenvalue weighted by molar-refractivity contribution is -0.132. The van der Waals surface area contributed by atoms with E-state index in [9.17, 15) is 9.90 Å². The van der Waals surface area contributed by atoms with Gasteiger partial charge in [-0.3, -0.25) is 9.78 Å². The number of nitrogens with zero attached hydrogens (tertiary/aromatic N) is 2. The smallest absolute Gasteiger partial charge is 0.227 e. The molecule has 2 heterocycles. The fraction of sp³-hybridized carbons (Fsp3) is 0.368. The lowest BCUT2D eigenvalue weighted by Crippen LogP contribution is -2.41. The average Bonchev–Trinajstić information content (AvgIpc) is 2.97. The zero-order chi connectivity index (χ0) is 16.9. The molecule has 2 aromatic rings. The van der Waals surface area contributed by atoms with Crippen LogP contribution in [-0.2, 0) is 17.6 Å². The minimum absolute atomic E-state index is 0.0469. The first-order valence-electron chi connectivity index (χ1n) is 8.17. The van der Waals surface area contributed by atoms with Gasteiger partial charge in [-0.05, 0) is 42.2 Å². The number of ether oxygens (including phenoxy) is 1. The van der Waals surface area contributed by atoms with E-state index >= 15 is 0 Å². The van der Waals surface area contributed by atoms with Crippen LogP contribution in [0.3, 0.4) is 0 Å². The third-order valence-electron chi connectivity index (χ3n) is 4.51. The average molecular weight is 326 g/mol. The molecule has 1 amide bonds. The van der Waals surface area contributed by atoms with Crippen molar-refractivity contribution in [2.75, 3.05) is 13.7 Å². The molecule has 24 heavy (non-hydrogen) atoms. The predicted octanol–water partition coefficient (Wildman–Crippen LogP) is 1.84. The van der Waals surface area contributed by atoms with Crippen molar-refractivity contribution < 1.29 is 14.6 Å². The standard InChI is InChI=1S/C19H22N2O3/c1-24-16-6-4-14(5-7-16)12-19(23)21-10-8-18(22)17(21)11-15-3-2-9-20-13-15/h2-7,9,13,17-18,22H,8,10-12H2,1H3/t17-,18-/m1/s1. The lowest BCUT2D eigenvalue weighted by Gasteiger charge is -2.26. The largest absolute Gasteiger partial charge is 0.497 e. The Balaban J connectivity index is 1.68. The van der Waals surface area contributed by atoms with Gasteiger partial charge in [0.2, 0.25) is 5.91 Å². The number of aromatic nitrogens is 1. The van der Waals surface area contributed by atoms with Crippen LogP contribution in [-0.4, -0.2) is 46.7 Å². The Hall–Kier alpha value is -2.40. The van der Waals surface area contributed by atoms with Crippen molar-refractivity contribution in [3.8, 4) is 5.75 Å². The van der Waals surface area contributed by atoms with E-state index in [1.54, 1.807) is 19.5 Å². The molecule has 3 rings (SSSR count). The minimum atomic E-state index is -0.481. The van der Waals surface area contributed by atoms with Crippen molar-refractivity contribution in [2.24, 2.45) is 0 Å². The van der Waals surface area contributed by atoms with Crippen LogP contribution in [0, 0.1) is 0 Å². The lowest BCUT2D eigenvalue weighted by atomic mass is 10.0. The Labute approximate surface area is 141 Å². The summed E-state index contributed by atoms with van der Waals surface area (Å²) < 4.78 is 5.14. The van der Waals surface area contributed by atoms with E-state index < -0.39 is 6.10 Å². The van der Waals surface area contributed by atoms with Gasteiger partial charge in [0.15, 0.2) is 0 Å². The van der Waals surface area contributed by atoms with Gasteiger partial charge < -0.3 is 14.7 Å². The van der Waals surface area contributed by atoms with Gasteiger partial charge in [0.1, 0.15) is 5.75 Å². The number of aliphatic hydroxyl groups is 1. The molecule has 0 unspecified atom stereocenters. The van der Waals surface area contributed by atoms with Gasteiger partial charge in [-0.25, -0.2) is 0 Å². The molecule has 2 atom stereocenters. The number of hydrogen-bond acceptors (Lipinski definition) is 4. The Bertz CT molecular complexity index is 673. The molecule has 0 bridgehead atoms. The molecule has 1 saturated heterocycles. The van der Waals surface area contributed by atoms with Crippen molar-refractivity contribution in [2.45, 2.75) is 31.4 Å². The highest BCUT2D eigenvalue weighted by atomic mass is 16.5. The number of likely N-dealkylation sites (tertiary alicyclic amines) is 1. The monoisotopic (exact) mass is 326 g/mol. The van der Waals surface area contributed by atoms with E-state index in [1.165, 1.54) is 0 Å². The van der Waals surface area contributed by atoms with Gasteiger partial charge in [-0.1, -0.05) is 18.2 Å². The topological polar surface area (TPSA) is 62.7 Å². The number of methoxy groups -OCH3 is 1. The highest BCUT2D eigenvalue weighted by molar-refractivity contribution is 5.79. The fourth-order valence-electron chi connectivity index (χ4n) is 3.17. The van der Waals surface area contributed by atoms with Gasteiger partial charge in [0, 0.05) is 18.9 Å². The summed E-state index contributed by atoms with van der Waals surface area (Å²) in [4.78, 5) is 18.6. The quantitative estimate of drug-likeness (QED) is 0.911. The molecule has 0 radical (unpaired) electrons. The summed E-state index contributed by atoms with van der Waals surface area (Å²) in [5.74, 6) is 0.822. The molecule has 1 aromatic carbocycles. The van der Waals surface area contributed by atoms with E-state index in [-0.39, 0.29) is 11.9 Å². The maximum absolute atomic E-state index is 12.7. The van der Waals surface area contributed by atoms with Gasteiger partial charge in [0.25, 0.3) is 0 Å². The second-order valence-corrected chi connectivity index (χ2v) is 6.10. The number of pyridine rings is 1. The molecule has 1 fully saturated rings. The van der Waals surface area contributed by atoms with E-state index in [0.29, 0.717) is 25.8 Å².